The number of hydrogen-bond acceptors (Lipinski definition) is 5. The zero-order chi connectivity index (χ0) is 23.9. The lowest BCUT2D eigenvalue weighted by atomic mass is 10.0. The number of benzene rings is 2. The van der Waals surface area contributed by atoms with Crippen LogP contribution in [0.15, 0.2) is 90.3 Å². The van der Waals surface area contributed by atoms with Crippen LogP contribution >= 0.6 is 11.8 Å². The summed E-state index contributed by atoms with van der Waals surface area (Å²) >= 11 is 6.23. The Kier molecular flexibility index (Phi) is 5.43. The minimum atomic E-state index is -3.99. The van der Waals surface area contributed by atoms with Crippen molar-refractivity contribution in [1.29, 1.82) is 0 Å². The second kappa shape index (κ2) is 8.44. The molecule has 0 saturated carbocycles. The highest BCUT2D eigenvalue weighted by Gasteiger charge is 2.24. The molecule has 0 saturated heterocycles. The maximum absolute atomic E-state index is 13.4. The largest absolute Gasteiger partial charge is 0.345 e. The third-order valence-corrected chi connectivity index (χ3v) is 7.62. The Morgan fingerprint density at radius 2 is 1.82 bits per heavy atom. The maximum atomic E-state index is 13.4. The van der Waals surface area contributed by atoms with E-state index in [2.05, 4.69) is 15.1 Å². The first kappa shape index (κ1) is 21.9. The SMILES string of the molecule is Cn1cc(-c2cnc3[nH]cc(C(=O)c4cccc(N(Cl)S(=O)(=O)c5ccccc5)c4)c3c2)cn1. The molecule has 3 heterocycles. The number of hydrogen-bond donors (Lipinski definition) is 1. The van der Waals surface area contributed by atoms with Gasteiger partial charge in [0.2, 0.25) is 0 Å². The molecule has 3 aromatic heterocycles. The number of carbonyl (C=O) groups excluding carboxylic acids is 1. The van der Waals surface area contributed by atoms with Crippen LogP contribution in [-0.2, 0) is 17.1 Å². The molecule has 0 aliphatic carbocycles. The monoisotopic (exact) mass is 491 g/mol. The predicted molar refractivity (Wildman–Crippen MR) is 130 cm³/mol. The Morgan fingerprint density at radius 3 is 2.56 bits per heavy atom. The highest BCUT2D eigenvalue weighted by molar-refractivity contribution is 7.94. The van der Waals surface area contributed by atoms with Crippen molar-refractivity contribution in [3.63, 3.8) is 0 Å². The van der Waals surface area contributed by atoms with Gasteiger partial charge in [-0.25, -0.2) is 4.98 Å². The molecule has 0 aliphatic rings. The molecule has 8 nitrogen and oxygen atoms in total. The standard InChI is InChI=1S/C24H18ClN5O3S/c1-29-15-18(13-28-29)17-11-21-22(14-27-24(21)26-12-17)23(31)16-6-5-7-19(10-16)30(25)34(32,33)20-8-3-2-4-9-20/h2-15H,1H3,(H,26,27). The first-order chi connectivity index (χ1) is 16.3. The van der Waals surface area contributed by atoms with E-state index in [-0.39, 0.29) is 16.4 Å². The van der Waals surface area contributed by atoms with Gasteiger partial charge in [0.25, 0.3) is 10.0 Å². The van der Waals surface area contributed by atoms with Gasteiger partial charge in [-0.2, -0.15) is 17.3 Å². The summed E-state index contributed by atoms with van der Waals surface area (Å²) in [5, 5.41) is 4.83. The molecular weight excluding hydrogens is 474 g/mol. The smallest absolute Gasteiger partial charge is 0.278 e. The number of aromatic nitrogens is 4. The average Bonchev–Trinajstić information content (AvgIpc) is 3.49. The first-order valence-corrected chi connectivity index (χ1v) is 12.0. The van der Waals surface area contributed by atoms with Crippen LogP contribution in [0.2, 0.25) is 0 Å². The van der Waals surface area contributed by atoms with Gasteiger partial charge in [0.05, 0.1) is 16.8 Å². The third-order valence-electron chi connectivity index (χ3n) is 5.38. The Balaban J connectivity index is 1.51. The van der Waals surface area contributed by atoms with Gasteiger partial charge in [-0.05, 0) is 30.3 Å². The summed E-state index contributed by atoms with van der Waals surface area (Å²) in [6, 6.07) is 15.9. The quantitative estimate of drug-likeness (QED) is 0.277. The highest BCUT2D eigenvalue weighted by atomic mass is 35.5. The van der Waals surface area contributed by atoms with E-state index in [4.69, 9.17) is 11.8 Å². The van der Waals surface area contributed by atoms with E-state index in [9.17, 15) is 13.2 Å². The molecule has 0 fully saturated rings. The molecule has 1 N–H and O–H groups in total. The predicted octanol–water partition coefficient (Wildman–Crippen LogP) is 4.54. The number of nitrogens with zero attached hydrogens (tertiary/aromatic N) is 4. The van der Waals surface area contributed by atoms with Crippen LogP contribution in [0.4, 0.5) is 5.69 Å². The van der Waals surface area contributed by atoms with Gasteiger partial charge >= 0.3 is 0 Å². The topological polar surface area (TPSA) is 101 Å². The molecule has 0 aliphatic heterocycles. The van der Waals surface area contributed by atoms with Gasteiger partial charge in [-0.15, -0.1) is 0 Å². The van der Waals surface area contributed by atoms with E-state index >= 15 is 0 Å². The Morgan fingerprint density at radius 1 is 1.03 bits per heavy atom. The summed E-state index contributed by atoms with van der Waals surface area (Å²) in [6.45, 7) is 0. The lowest BCUT2D eigenvalue weighted by Crippen LogP contribution is -2.21. The fourth-order valence-electron chi connectivity index (χ4n) is 3.66. The minimum Gasteiger partial charge on any atom is -0.345 e. The normalized spacial score (nSPS) is 11.6. The molecule has 0 amide bonds. The second-order valence-electron chi connectivity index (χ2n) is 7.64. The van der Waals surface area contributed by atoms with Crippen molar-refractivity contribution in [2.45, 2.75) is 4.90 Å². The van der Waals surface area contributed by atoms with E-state index in [0.29, 0.717) is 26.0 Å². The van der Waals surface area contributed by atoms with Crippen LogP contribution in [0.25, 0.3) is 22.2 Å². The lowest BCUT2D eigenvalue weighted by molar-refractivity contribution is 0.104. The number of aromatic amines is 1. The molecule has 34 heavy (non-hydrogen) atoms. The number of H-pyrrole nitrogens is 1. The number of carbonyl (C=O) groups is 1. The van der Waals surface area contributed by atoms with Crippen molar-refractivity contribution in [3.8, 4) is 11.1 Å². The van der Waals surface area contributed by atoms with E-state index in [1.54, 1.807) is 53.6 Å². The van der Waals surface area contributed by atoms with Gasteiger partial charge in [0.1, 0.15) is 5.65 Å². The van der Waals surface area contributed by atoms with Crippen molar-refractivity contribution in [1.82, 2.24) is 19.7 Å². The second-order valence-corrected chi connectivity index (χ2v) is 9.96. The number of nitrogens with one attached hydrogen (secondary N) is 1. The van der Waals surface area contributed by atoms with E-state index in [0.717, 1.165) is 11.1 Å². The number of pyridine rings is 1. The molecule has 2 aromatic carbocycles. The van der Waals surface area contributed by atoms with E-state index in [1.165, 1.54) is 24.3 Å². The molecule has 0 bridgehead atoms. The molecule has 0 radical (unpaired) electrons. The Hall–Kier alpha value is -3.95. The molecule has 5 aromatic rings. The van der Waals surface area contributed by atoms with Crippen molar-refractivity contribution in [2.75, 3.05) is 3.82 Å². The van der Waals surface area contributed by atoms with Gasteiger partial charge in [-0.1, -0.05) is 30.3 Å². The summed E-state index contributed by atoms with van der Waals surface area (Å²) in [5.41, 5.74) is 3.13. The molecule has 170 valence electrons. The van der Waals surface area contributed by atoms with Crippen LogP contribution in [0.1, 0.15) is 15.9 Å². The van der Waals surface area contributed by atoms with E-state index in [1.807, 2.05) is 19.3 Å². The van der Waals surface area contributed by atoms with Gasteiger partial charge in [0.15, 0.2) is 5.78 Å². The molecule has 5 rings (SSSR count). The van der Waals surface area contributed by atoms with Crippen LogP contribution in [-0.4, -0.2) is 33.9 Å². The Labute approximate surface area is 200 Å². The summed E-state index contributed by atoms with van der Waals surface area (Å²) in [7, 11) is -2.17. The van der Waals surface area contributed by atoms with Gasteiger partial charge in [0, 0.05) is 65.1 Å². The maximum Gasteiger partial charge on any atom is 0.278 e. The third kappa shape index (κ3) is 3.85. The zero-order valence-electron chi connectivity index (χ0n) is 17.9. The number of sulfonamides is 1. The molecule has 10 heteroatoms. The van der Waals surface area contributed by atoms with Crippen molar-refractivity contribution < 1.29 is 13.2 Å². The van der Waals surface area contributed by atoms with Crippen LogP contribution in [0, 0.1) is 0 Å². The number of rotatable bonds is 6. The number of ketones is 1. The zero-order valence-corrected chi connectivity index (χ0v) is 19.5. The fourth-order valence-corrected chi connectivity index (χ4v) is 5.08. The van der Waals surface area contributed by atoms with Gasteiger partial charge < -0.3 is 4.98 Å². The van der Waals surface area contributed by atoms with Crippen molar-refractivity contribution in [3.05, 3.63) is 96.6 Å². The number of fused-ring (bicyclic) bond motifs is 1. The fraction of sp³-hybridized carbons (Fsp3) is 0.0417. The summed E-state index contributed by atoms with van der Waals surface area (Å²) in [6.07, 6.45) is 6.90. The summed E-state index contributed by atoms with van der Waals surface area (Å²) in [5.74, 6) is -0.291. The van der Waals surface area contributed by atoms with Crippen molar-refractivity contribution in [2.24, 2.45) is 7.05 Å². The molecule has 0 atom stereocenters. The first-order valence-electron chi connectivity index (χ1n) is 10.2. The Bertz CT molecular complexity index is 1630. The highest BCUT2D eigenvalue weighted by Crippen LogP contribution is 2.29. The molecule has 0 unspecified atom stereocenters. The van der Waals surface area contributed by atoms with Gasteiger partial charge in [-0.3, -0.25) is 9.48 Å². The minimum absolute atomic E-state index is 0.0485. The number of halogens is 1. The summed E-state index contributed by atoms with van der Waals surface area (Å²) in [4.78, 5) is 20.9. The lowest BCUT2D eigenvalue weighted by Gasteiger charge is -2.16. The van der Waals surface area contributed by atoms with E-state index < -0.39 is 10.0 Å². The molecular formula is C24H18ClN5O3S. The van der Waals surface area contributed by atoms with Crippen LogP contribution in [0.3, 0.4) is 0 Å². The van der Waals surface area contributed by atoms with Crippen molar-refractivity contribution >= 4 is 44.3 Å². The number of aryl methyl sites for hydroxylation is 1. The summed E-state index contributed by atoms with van der Waals surface area (Å²) < 4.78 is 28.1. The average molecular weight is 492 g/mol. The van der Waals surface area contributed by atoms with Crippen LogP contribution < -0.4 is 3.82 Å². The number of anilines is 1. The van der Waals surface area contributed by atoms with Crippen LogP contribution in [0.5, 0.6) is 0 Å². The molecule has 0 spiro atoms.